The van der Waals surface area contributed by atoms with Crippen molar-refractivity contribution in [2.45, 2.75) is 20.8 Å². The Bertz CT molecular complexity index is 726. The molecule has 0 amide bonds. The molecule has 0 aliphatic carbocycles. The van der Waals surface area contributed by atoms with Gasteiger partial charge in [-0.1, -0.05) is 25.2 Å². The Kier molecular flexibility index (Phi) is 6.03. The Morgan fingerprint density at radius 1 is 1.29 bits per heavy atom. The molecule has 2 rings (SSSR count). The normalized spacial score (nSPS) is 10.7. The predicted octanol–water partition coefficient (Wildman–Crippen LogP) is 3.70. The van der Waals surface area contributed by atoms with Gasteiger partial charge in [-0.05, 0) is 37.1 Å². The number of anilines is 1. The Hall–Kier alpha value is -2.28. The molecule has 7 heteroatoms. The topological polar surface area (TPSA) is 68.3 Å². The minimum absolute atomic E-state index is 0.0130. The Morgan fingerprint density at radius 3 is 2.58 bits per heavy atom. The molecule has 128 valence electrons. The molecule has 24 heavy (non-hydrogen) atoms. The number of thiazole rings is 1. The number of aryl methyl sites for hydroxylation is 1. The lowest BCUT2D eigenvalue weighted by Crippen LogP contribution is -2.13. The standard InChI is InChI=1S/C17H19FN2O3S/c1-10(2)9-23-16(22)15-11(3)20-17(24-15)19-8-14(21)12-4-6-13(18)7-5-12/h4-7,10H,8-9H2,1-3H3,(H,19,20). The van der Waals surface area contributed by atoms with Crippen LogP contribution in [0.3, 0.4) is 0 Å². The highest BCUT2D eigenvalue weighted by atomic mass is 32.1. The molecule has 1 N–H and O–H groups in total. The van der Waals surface area contributed by atoms with E-state index in [0.717, 1.165) is 11.3 Å². The largest absolute Gasteiger partial charge is 0.461 e. The molecule has 1 aromatic heterocycles. The van der Waals surface area contributed by atoms with Crippen molar-refractivity contribution < 1.29 is 18.7 Å². The van der Waals surface area contributed by atoms with Gasteiger partial charge in [0.15, 0.2) is 10.9 Å². The number of Topliss-reactive ketones (excluding diaryl/α,β-unsaturated/α-hetero) is 1. The maximum atomic E-state index is 12.9. The van der Waals surface area contributed by atoms with Gasteiger partial charge in [0.05, 0.1) is 18.8 Å². The molecule has 0 atom stereocenters. The molecule has 1 aromatic carbocycles. The molecule has 0 unspecified atom stereocenters. The Morgan fingerprint density at radius 2 is 1.96 bits per heavy atom. The van der Waals surface area contributed by atoms with E-state index in [1.807, 2.05) is 13.8 Å². The van der Waals surface area contributed by atoms with Crippen LogP contribution in [0.15, 0.2) is 24.3 Å². The highest BCUT2D eigenvalue weighted by Crippen LogP contribution is 2.23. The number of carbonyl (C=O) groups is 2. The fourth-order valence-electron chi connectivity index (χ4n) is 1.86. The summed E-state index contributed by atoms with van der Waals surface area (Å²) in [7, 11) is 0. The average Bonchev–Trinajstić information content (AvgIpc) is 2.92. The van der Waals surface area contributed by atoms with Crippen molar-refractivity contribution in [2.75, 3.05) is 18.5 Å². The Balaban J connectivity index is 1.96. The van der Waals surface area contributed by atoms with Gasteiger partial charge in [0.25, 0.3) is 0 Å². The third-order valence-corrected chi connectivity index (χ3v) is 4.19. The first-order valence-corrected chi connectivity index (χ1v) is 8.35. The summed E-state index contributed by atoms with van der Waals surface area (Å²) in [4.78, 5) is 28.7. The van der Waals surface area contributed by atoms with Gasteiger partial charge in [-0.3, -0.25) is 4.79 Å². The number of ketones is 1. The lowest BCUT2D eigenvalue weighted by Gasteiger charge is -2.05. The average molecular weight is 350 g/mol. The summed E-state index contributed by atoms with van der Waals surface area (Å²) in [5.41, 5.74) is 0.972. The summed E-state index contributed by atoms with van der Waals surface area (Å²) in [6.45, 7) is 6.00. The van der Waals surface area contributed by atoms with Crippen LogP contribution in [0.5, 0.6) is 0 Å². The quantitative estimate of drug-likeness (QED) is 0.609. The fraction of sp³-hybridized carbons (Fsp3) is 0.353. The van der Waals surface area contributed by atoms with Crippen LogP contribution in [-0.4, -0.2) is 29.9 Å². The Labute approximate surface area is 143 Å². The number of ether oxygens (including phenoxy) is 1. The van der Waals surface area contributed by atoms with Gasteiger partial charge in [-0.25, -0.2) is 14.2 Å². The molecular formula is C17H19FN2O3S. The first kappa shape index (κ1) is 18.1. The molecule has 0 saturated heterocycles. The van der Waals surface area contributed by atoms with E-state index in [1.165, 1.54) is 24.3 Å². The minimum atomic E-state index is -0.406. The number of carbonyl (C=O) groups excluding carboxylic acids is 2. The number of rotatable bonds is 7. The van der Waals surface area contributed by atoms with Crippen LogP contribution in [0.1, 0.15) is 39.6 Å². The lowest BCUT2D eigenvalue weighted by molar-refractivity contribution is 0.0463. The van der Waals surface area contributed by atoms with Gasteiger partial charge in [0, 0.05) is 5.56 Å². The molecule has 0 fully saturated rings. The van der Waals surface area contributed by atoms with Gasteiger partial charge in [-0.2, -0.15) is 0 Å². The highest BCUT2D eigenvalue weighted by molar-refractivity contribution is 7.17. The van der Waals surface area contributed by atoms with Gasteiger partial charge in [0.1, 0.15) is 10.7 Å². The van der Waals surface area contributed by atoms with Crippen LogP contribution in [0.2, 0.25) is 0 Å². The van der Waals surface area contributed by atoms with E-state index in [9.17, 15) is 14.0 Å². The molecule has 0 aliphatic heterocycles. The number of nitrogens with one attached hydrogen (secondary N) is 1. The zero-order valence-electron chi connectivity index (χ0n) is 13.8. The van der Waals surface area contributed by atoms with E-state index >= 15 is 0 Å². The van der Waals surface area contributed by atoms with E-state index in [-0.39, 0.29) is 24.1 Å². The van der Waals surface area contributed by atoms with Crippen molar-refractivity contribution in [1.29, 1.82) is 0 Å². The number of hydrogen-bond acceptors (Lipinski definition) is 6. The minimum Gasteiger partial charge on any atom is -0.461 e. The number of aromatic nitrogens is 1. The van der Waals surface area contributed by atoms with Crippen LogP contribution in [-0.2, 0) is 4.74 Å². The van der Waals surface area contributed by atoms with Crippen molar-refractivity contribution in [2.24, 2.45) is 5.92 Å². The summed E-state index contributed by atoms with van der Waals surface area (Å²) in [6.07, 6.45) is 0. The van der Waals surface area contributed by atoms with Crippen LogP contribution in [0, 0.1) is 18.7 Å². The molecule has 5 nitrogen and oxygen atoms in total. The van der Waals surface area contributed by atoms with Crippen molar-refractivity contribution in [3.05, 3.63) is 46.2 Å². The first-order valence-electron chi connectivity index (χ1n) is 7.54. The highest BCUT2D eigenvalue weighted by Gasteiger charge is 2.17. The number of benzene rings is 1. The number of halogens is 1. The molecule has 0 bridgehead atoms. The van der Waals surface area contributed by atoms with Crippen LogP contribution >= 0.6 is 11.3 Å². The SMILES string of the molecule is Cc1nc(NCC(=O)c2ccc(F)cc2)sc1C(=O)OCC(C)C. The fourth-order valence-corrected chi connectivity index (χ4v) is 2.72. The van der Waals surface area contributed by atoms with Gasteiger partial charge >= 0.3 is 5.97 Å². The third kappa shape index (κ3) is 4.86. The molecule has 0 aliphatic rings. The molecular weight excluding hydrogens is 331 g/mol. The molecule has 0 saturated carbocycles. The summed E-state index contributed by atoms with van der Waals surface area (Å²) in [5.74, 6) is -0.726. The first-order chi connectivity index (χ1) is 11.4. The number of hydrogen-bond donors (Lipinski definition) is 1. The van der Waals surface area contributed by atoms with Crippen molar-refractivity contribution in [3.8, 4) is 0 Å². The van der Waals surface area contributed by atoms with Crippen LogP contribution in [0.25, 0.3) is 0 Å². The van der Waals surface area contributed by atoms with E-state index in [2.05, 4.69) is 10.3 Å². The molecule has 0 radical (unpaired) electrons. The van der Waals surface area contributed by atoms with Crippen molar-refractivity contribution in [3.63, 3.8) is 0 Å². The zero-order valence-corrected chi connectivity index (χ0v) is 14.6. The smallest absolute Gasteiger partial charge is 0.350 e. The second-order valence-electron chi connectivity index (χ2n) is 5.71. The van der Waals surface area contributed by atoms with E-state index in [1.54, 1.807) is 6.92 Å². The maximum absolute atomic E-state index is 12.9. The number of nitrogens with zero attached hydrogens (tertiary/aromatic N) is 1. The van der Waals surface area contributed by atoms with Crippen LogP contribution in [0.4, 0.5) is 9.52 Å². The van der Waals surface area contributed by atoms with Gasteiger partial charge in [0.2, 0.25) is 0 Å². The van der Waals surface area contributed by atoms with E-state index in [0.29, 0.717) is 27.9 Å². The number of esters is 1. The lowest BCUT2D eigenvalue weighted by atomic mass is 10.1. The zero-order chi connectivity index (χ0) is 17.7. The van der Waals surface area contributed by atoms with Gasteiger partial charge in [-0.15, -0.1) is 0 Å². The second kappa shape index (κ2) is 8.01. The summed E-state index contributed by atoms with van der Waals surface area (Å²) >= 11 is 1.15. The summed E-state index contributed by atoms with van der Waals surface area (Å²) in [6, 6.07) is 5.34. The molecule has 2 aromatic rings. The molecule has 0 spiro atoms. The van der Waals surface area contributed by atoms with Crippen LogP contribution < -0.4 is 5.32 Å². The van der Waals surface area contributed by atoms with Crippen molar-refractivity contribution in [1.82, 2.24) is 4.98 Å². The monoisotopic (exact) mass is 350 g/mol. The van der Waals surface area contributed by atoms with E-state index < -0.39 is 5.97 Å². The maximum Gasteiger partial charge on any atom is 0.350 e. The van der Waals surface area contributed by atoms with Crippen molar-refractivity contribution >= 4 is 28.2 Å². The third-order valence-electron chi connectivity index (χ3n) is 3.10. The van der Waals surface area contributed by atoms with E-state index in [4.69, 9.17) is 4.74 Å². The summed E-state index contributed by atoms with van der Waals surface area (Å²) in [5, 5.41) is 3.37. The predicted molar refractivity (Wildman–Crippen MR) is 91.2 cm³/mol. The second-order valence-corrected chi connectivity index (χ2v) is 6.71. The van der Waals surface area contributed by atoms with Gasteiger partial charge < -0.3 is 10.1 Å². The molecule has 1 heterocycles. The summed E-state index contributed by atoms with van der Waals surface area (Å²) < 4.78 is 18.0.